The van der Waals surface area contributed by atoms with Crippen molar-refractivity contribution in [1.82, 2.24) is 10.2 Å². The van der Waals surface area contributed by atoms with E-state index in [0.29, 0.717) is 18.3 Å². The number of nitrogens with zero attached hydrogens (tertiary/aromatic N) is 2. The lowest BCUT2D eigenvalue weighted by Crippen LogP contribution is -2.42. The predicted octanol–water partition coefficient (Wildman–Crippen LogP) is 3.42. The van der Waals surface area contributed by atoms with Gasteiger partial charge in [-0.2, -0.15) is 0 Å². The summed E-state index contributed by atoms with van der Waals surface area (Å²) < 4.78 is 16.8. The largest absolute Gasteiger partial charge is 0.489 e. The molecule has 6 nitrogen and oxygen atoms in total. The molecule has 0 spiro atoms. The molecule has 154 valence electrons. The van der Waals surface area contributed by atoms with Crippen LogP contribution < -0.4 is 24.4 Å². The minimum absolute atomic E-state index is 0.239. The Morgan fingerprint density at radius 1 is 1.21 bits per heavy atom. The minimum Gasteiger partial charge on any atom is -0.489 e. The average Bonchev–Trinajstić information content (AvgIpc) is 3.18. The Morgan fingerprint density at radius 3 is 2.79 bits per heavy atom. The molecule has 0 atom stereocenters. The van der Waals surface area contributed by atoms with Crippen molar-refractivity contribution in [3.8, 4) is 17.2 Å². The fraction of sp³-hybridized carbons (Fsp3) is 0.318. The SMILES string of the molecule is C=CCOc1ccccc1CN(C(=S)NCCN(C)C)c1ccc2c(c1)OCO2. The van der Waals surface area contributed by atoms with Gasteiger partial charge >= 0.3 is 0 Å². The first-order valence-corrected chi connectivity index (χ1v) is 9.90. The number of likely N-dealkylation sites (N-methyl/N-ethyl adjacent to an activating group) is 1. The molecule has 0 bridgehead atoms. The lowest BCUT2D eigenvalue weighted by atomic mass is 10.1. The smallest absolute Gasteiger partial charge is 0.231 e. The van der Waals surface area contributed by atoms with Crippen LogP contribution in [0.3, 0.4) is 0 Å². The summed E-state index contributed by atoms with van der Waals surface area (Å²) in [6.07, 6.45) is 1.74. The van der Waals surface area contributed by atoms with Gasteiger partial charge in [0, 0.05) is 30.4 Å². The molecule has 7 heteroatoms. The second kappa shape index (κ2) is 10.1. The zero-order valence-corrected chi connectivity index (χ0v) is 17.7. The predicted molar refractivity (Wildman–Crippen MR) is 120 cm³/mol. The number of nitrogens with one attached hydrogen (secondary N) is 1. The summed E-state index contributed by atoms with van der Waals surface area (Å²) in [6.45, 7) is 6.61. The Bertz CT molecular complexity index is 857. The fourth-order valence-electron chi connectivity index (χ4n) is 2.91. The first kappa shape index (κ1) is 21.0. The molecular formula is C22H27N3O3S. The Morgan fingerprint density at radius 2 is 2.00 bits per heavy atom. The molecular weight excluding hydrogens is 386 g/mol. The monoisotopic (exact) mass is 413 g/mol. The number of hydrogen-bond donors (Lipinski definition) is 1. The van der Waals surface area contributed by atoms with Gasteiger partial charge in [0.25, 0.3) is 0 Å². The van der Waals surface area contributed by atoms with Crippen LogP contribution in [-0.2, 0) is 6.54 Å². The summed E-state index contributed by atoms with van der Waals surface area (Å²) in [5.41, 5.74) is 1.96. The zero-order chi connectivity index (χ0) is 20.6. The first-order valence-electron chi connectivity index (χ1n) is 9.50. The van der Waals surface area contributed by atoms with Crippen molar-refractivity contribution in [2.75, 3.05) is 45.5 Å². The number of rotatable bonds is 9. The third-order valence-corrected chi connectivity index (χ3v) is 4.77. The van der Waals surface area contributed by atoms with Crippen molar-refractivity contribution in [3.63, 3.8) is 0 Å². The number of anilines is 1. The standard InChI is InChI=1S/C22H27N3O3S/c1-4-13-26-19-8-6-5-7-17(19)15-25(22(29)23-11-12-24(2)3)18-9-10-20-21(14-18)28-16-27-20/h4-10,14H,1,11-13,15-16H2,2-3H3,(H,23,29). The maximum Gasteiger partial charge on any atom is 0.231 e. The van der Waals surface area contributed by atoms with Gasteiger partial charge in [-0.25, -0.2) is 0 Å². The van der Waals surface area contributed by atoms with Gasteiger partial charge in [-0.15, -0.1) is 0 Å². The van der Waals surface area contributed by atoms with Gasteiger partial charge in [0.15, 0.2) is 16.6 Å². The summed E-state index contributed by atoms with van der Waals surface area (Å²) in [5.74, 6) is 2.28. The van der Waals surface area contributed by atoms with Crippen LogP contribution >= 0.6 is 12.2 Å². The van der Waals surface area contributed by atoms with E-state index in [0.717, 1.165) is 41.6 Å². The summed E-state index contributed by atoms with van der Waals surface area (Å²) in [7, 11) is 4.07. The molecule has 0 aliphatic carbocycles. The van der Waals surface area contributed by atoms with Crippen molar-refractivity contribution in [1.29, 1.82) is 0 Å². The highest BCUT2D eigenvalue weighted by molar-refractivity contribution is 7.80. The molecule has 0 unspecified atom stereocenters. The van der Waals surface area contributed by atoms with E-state index in [1.807, 2.05) is 61.5 Å². The van der Waals surface area contributed by atoms with E-state index >= 15 is 0 Å². The van der Waals surface area contributed by atoms with Crippen LogP contribution in [0.25, 0.3) is 0 Å². The molecule has 1 heterocycles. The van der Waals surface area contributed by atoms with Crippen LogP contribution in [0.15, 0.2) is 55.1 Å². The molecule has 1 N–H and O–H groups in total. The molecule has 0 amide bonds. The van der Waals surface area contributed by atoms with Crippen LogP contribution in [0.1, 0.15) is 5.56 Å². The number of ether oxygens (including phenoxy) is 3. The van der Waals surface area contributed by atoms with Gasteiger partial charge in [0.05, 0.1) is 6.54 Å². The van der Waals surface area contributed by atoms with Gasteiger partial charge < -0.3 is 29.3 Å². The van der Waals surface area contributed by atoms with Crippen LogP contribution in [0, 0.1) is 0 Å². The molecule has 3 rings (SSSR count). The number of thiocarbonyl (C=S) groups is 1. The highest BCUT2D eigenvalue weighted by atomic mass is 32.1. The van der Waals surface area contributed by atoms with E-state index in [2.05, 4.69) is 16.8 Å². The molecule has 29 heavy (non-hydrogen) atoms. The van der Waals surface area contributed by atoms with Crippen molar-refractivity contribution in [3.05, 3.63) is 60.7 Å². The van der Waals surface area contributed by atoms with Gasteiger partial charge in [-0.3, -0.25) is 0 Å². The molecule has 2 aromatic carbocycles. The number of hydrogen-bond acceptors (Lipinski definition) is 5. The zero-order valence-electron chi connectivity index (χ0n) is 16.9. The van der Waals surface area contributed by atoms with Gasteiger partial charge in [-0.05, 0) is 44.5 Å². The highest BCUT2D eigenvalue weighted by Gasteiger charge is 2.20. The molecule has 2 aromatic rings. The summed E-state index contributed by atoms with van der Waals surface area (Å²) in [4.78, 5) is 4.15. The van der Waals surface area contributed by atoms with Crippen LogP contribution in [-0.4, -0.2) is 50.6 Å². The lowest BCUT2D eigenvalue weighted by molar-refractivity contribution is 0.174. The molecule has 0 saturated heterocycles. The molecule has 1 aliphatic rings. The van der Waals surface area contributed by atoms with Gasteiger partial charge in [-0.1, -0.05) is 30.9 Å². The Kier molecular flexibility index (Phi) is 7.32. The molecule has 0 saturated carbocycles. The summed E-state index contributed by atoms with van der Waals surface area (Å²) in [5, 5.41) is 3.99. The average molecular weight is 414 g/mol. The normalized spacial score (nSPS) is 12.0. The van der Waals surface area contributed by atoms with E-state index in [4.69, 9.17) is 26.4 Å². The van der Waals surface area contributed by atoms with Crippen molar-refractivity contribution in [2.24, 2.45) is 0 Å². The van der Waals surface area contributed by atoms with E-state index in [1.165, 1.54) is 0 Å². The lowest BCUT2D eigenvalue weighted by Gasteiger charge is -2.27. The number of para-hydroxylation sites is 1. The molecule has 1 aliphatic heterocycles. The second-order valence-corrected chi connectivity index (χ2v) is 7.25. The van der Waals surface area contributed by atoms with E-state index in [1.54, 1.807) is 6.08 Å². The molecule has 0 radical (unpaired) electrons. The van der Waals surface area contributed by atoms with E-state index in [-0.39, 0.29) is 6.79 Å². The highest BCUT2D eigenvalue weighted by Crippen LogP contribution is 2.36. The maximum absolute atomic E-state index is 5.83. The van der Waals surface area contributed by atoms with Gasteiger partial charge in [0.2, 0.25) is 6.79 Å². The third-order valence-electron chi connectivity index (χ3n) is 4.41. The van der Waals surface area contributed by atoms with E-state index in [9.17, 15) is 0 Å². The Balaban J connectivity index is 1.85. The number of fused-ring (bicyclic) bond motifs is 1. The Labute approximate surface area is 177 Å². The second-order valence-electron chi connectivity index (χ2n) is 6.87. The first-order chi connectivity index (χ1) is 14.1. The van der Waals surface area contributed by atoms with Crippen molar-refractivity contribution < 1.29 is 14.2 Å². The quantitative estimate of drug-likeness (QED) is 0.499. The van der Waals surface area contributed by atoms with E-state index < -0.39 is 0 Å². The molecule has 0 fully saturated rings. The third kappa shape index (κ3) is 5.62. The van der Waals surface area contributed by atoms with Crippen LogP contribution in [0.2, 0.25) is 0 Å². The Hall–Kier alpha value is -2.77. The van der Waals surface area contributed by atoms with Crippen LogP contribution in [0.4, 0.5) is 5.69 Å². The minimum atomic E-state index is 0.239. The number of benzene rings is 2. The summed E-state index contributed by atoms with van der Waals surface area (Å²) in [6, 6.07) is 13.8. The maximum atomic E-state index is 5.83. The van der Waals surface area contributed by atoms with Crippen molar-refractivity contribution in [2.45, 2.75) is 6.54 Å². The summed E-state index contributed by atoms with van der Waals surface area (Å²) >= 11 is 5.73. The topological polar surface area (TPSA) is 46.2 Å². The van der Waals surface area contributed by atoms with Crippen LogP contribution in [0.5, 0.6) is 17.2 Å². The van der Waals surface area contributed by atoms with Gasteiger partial charge in [0.1, 0.15) is 12.4 Å². The molecule has 0 aromatic heterocycles. The van der Waals surface area contributed by atoms with Crippen molar-refractivity contribution >= 4 is 23.0 Å². The fourth-order valence-corrected chi connectivity index (χ4v) is 3.18.